The second-order valence-corrected chi connectivity index (χ2v) is 28.1. The molecule has 5 atom stereocenters. The zero-order chi connectivity index (χ0) is 26.4. The van der Waals surface area contributed by atoms with Gasteiger partial charge in [-0.15, -0.1) is 18.5 Å². The van der Waals surface area contributed by atoms with Gasteiger partial charge < -0.3 is 10.6 Å². The fraction of sp³-hybridized carbons (Fsp3) is 0.871. The number of rotatable bonds is 7. The zero-order valence-corrected chi connectivity index (χ0v) is 29.1. The van der Waals surface area contributed by atoms with Crippen molar-refractivity contribution in [1.82, 2.24) is 10.6 Å². The van der Waals surface area contributed by atoms with Crippen LogP contribution in [0.15, 0.2) is 22.4 Å². The minimum atomic E-state index is -1.55. The molecule has 0 amide bonds. The summed E-state index contributed by atoms with van der Waals surface area (Å²) in [7, 11) is 4.05. The largest absolute Gasteiger partial charge is 0.316 e. The molecule has 4 saturated carbocycles. The van der Waals surface area contributed by atoms with Crippen LogP contribution in [0.25, 0.3) is 0 Å². The highest BCUT2D eigenvalue weighted by Gasteiger charge is 2.63. The molecule has 5 unspecified atom stereocenters. The van der Waals surface area contributed by atoms with Gasteiger partial charge in [0, 0.05) is 10.6 Å². The number of nitrogens with one attached hydrogen (secondary N) is 2. The average Bonchev–Trinajstić information content (AvgIpc) is 3.59. The summed E-state index contributed by atoms with van der Waals surface area (Å²) in [6.45, 7) is 21.0. The third kappa shape index (κ3) is 4.27. The molecule has 2 aliphatic heterocycles. The van der Waals surface area contributed by atoms with E-state index in [0.29, 0.717) is 5.41 Å². The number of hydrogen-bond acceptors (Lipinski definition) is 2. The molecule has 2 N–H and O–H groups in total. The van der Waals surface area contributed by atoms with Crippen molar-refractivity contribution in [2.24, 2.45) is 40.9 Å². The summed E-state index contributed by atoms with van der Waals surface area (Å²) in [4.78, 5) is 0. The van der Waals surface area contributed by atoms with Crippen LogP contribution < -0.4 is 10.6 Å². The van der Waals surface area contributed by atoms with E-state index in [-0.39, 0.29) is 5.16 Å². The molecule has 0 aromatic carbocycles. The van der Waals surface area contributed by atoms with Crippen LogP contribution >= 0.6 is 18.5 Å². The lowest BCUT2D eigenvalue weighted by atomic mass is 9.43. The molecule has 2 nitrogen and oxygen atoms in total. The summed E-state index contributed by atoms with van der Waals surface area (Å²) in [5, 5.41) is 9.87. The maximum Gasteiger partial charge on any atom is 0.0732 e. The van der Waals surface area contributed by atoms with Crippen molar-refractivity contribution < 1.29 is 0 Å². The quantitative estimate of drug-likeness (QED) is 0.254. The van der Waals surface area contributed by atoms with Gasteiger partial charge in [0.25, 0.3) is 0 Å². The Morgan fingerprint density at radius 3 is 1.76 bits per heavy atom. The van der Waals surface area contributed by atoms with Gasteiger partial charge in [0.15, 0.2) is 0 Å². The van der Waals surface area contributed by atoms with Gasteiger partial charge in [-0.3, -0.25) is 0 Å². The van der Waals surface area contributed by atoms with Crippen LogP contribution in [-0.4, -0.2) is 53.6 Å². The maximum atomic E-state index is 3.81. The number of allylic oxidation sites excluding steroid dienone is 4. The van der Waals surface area contributed by atoms with Gasteiger partial charge in [-0.25, -0.2) is 0 Å². The van der Waals surface area contributed by atoms with E-state index in [1.165, 1.54) is 70.9 Å². The molecule has 2 heterocycles. The molecule has 4 bridgehead atoms. The normalized spacial score (nSPS) is 43.6. The molecular weight excluding hydrogens is 518 g/mol. The van der Waals surface area contributed by atoms with Crippen LogP contribution in [0.1, 0.15) is 44.9 Å². The van der Waals surface area contributed by atoms with Crippen LogP contribution in [0.5, 0.6) is 0 Å². The van der Waals surface area contributed by atoms with Crippen LogP contribution in [0.2, 0.25) is 44.8 Å². The lowest BCUT2D eigenvalue weighted by Gasteiger charge is -2.64. The summed E-state index contributed by atoms with van der Waals surface area (Å²) in [6.07, 6.45) is 14.6. The van der Waals surface area contributed by atoms with Crippen molar-refractivity contribution in [1.29, 1.82) is 0 Å². The first-order valence-corrected chi connectivity index (χ1v) is 24.3. The molecule has 6 heteroatoms. The Bertz CT molecular complexity index is 919. The smallest absolute Gasteiger partial charge is 0.0732 e. The van der Waals surface area contributed by atoms with Crippen molar-refractivity contribution in [3.05, 3.63) is 22.4 Å². The Balaban J connectivity index is 1.61. The third-order valence-corrected chi connectivity index (χ3v) is 19.0. The van der Waals surface area contributed by atoms with Gasteiger partial charge in [0.05, 0.1) is 16.1 Å². The lowest BCUT2D eigenvalue weighted by molar-refractivity contribution is -0.0740. The van der Waals surface area contributed by atoms with Crippen LogP contribution in [0, 0.1) is 40.9 Å². The molecule has 7 aliphatic rings. The van der Waals surface area contributed by atoms with E-state index in [1.54, 1.807) is 6.42 Å². The first-order chi connectivity index (χ1) is 17.4. The summed E-state index contributed by atoms with van der Waals surface area (Å²) in [5.41, 5.74) is 5.02. The Morgan fingerprint density at radius 2 is 1.38 bits per heavy atom. The molecule has 0 radical (unpaired) electrons. The molecule has 5 aliphatic carbocycles. The van der Waals surface area contributed by atoms with E-state index < -0.39 is 16.1 Å². The minimum Gasteiger partial charge on any atom is -0.316 e. The highest BCUT2D eigenvalue weighted by atomic mass is 31.0. The van der Waals surface area contributed by atoms with Crippen molar-refractivity contribution in [2.45, 2.75) is 94.9 Å². The number of hydrogen-bond donors (Lipinski definition) is 2. The average molecular weight is 575 g/mol. The van der Waals surface area contributed by atoms with Gasteiger partial charge in [0.1, 0.15) is 0 Å². The van der Waals surface area contributed by atoms with E-state index in [1.807, 2.05) is 16.3 Å². The van der Waals surface area contributed by atoms with Crippen molar-refractivity contribution >= 4 is 34.6 Å². The molecule has 7 rings (SSSR count). The highest BCUT2D eigenvalue weighted by Crippen LogP contribution is 2.70. The van der Waals surface area contributed by atoms with Gasteiger partial charge in [-0.1, -0.05) is 50.6 Å². The Kier molecular flexibility index (Phi) is 7.24. The Hall–Kier alpha value is 0.694. The van der Waals surface area contributed by atoms with Crippen molar-refractivity contribution in [3.8, 4) is 0 Å². The highest BCUT2D eigenvalue weighted by molar-refractivity contribution is 7.19. The van der Waals surface area contributed by atoms with E-state index in [4.69, 9.17) is 0 Å². The van der Waals surface area contributed by atoms with Crippen LogP contribution in [0.3, 0.4) is 0 Å². The molecule has 37 heavy (non-hydrogen) atoms. The molecular formula is C31H56N2P2Si2. The molecule has 0 spiro atoms. The summed E-state index contributed by atoms with van der Waals surface area (Å²) in [5.74, 6) is 5.39. The fourth-order valence-corrected chi connectivity index (χ4v) is 18.9. The van der Waals surface area contributed by atoms with E-state index in [9.17, 15) is 0 Å². The molecule has 6 fully saturated rings. The molecule has 208 valence electrons. The van der Waals surface area contributed by atoms with E-state index in [0.717, 1.165) is 41.0 Å². The fourth-order valence-electron chi connectivity index (χ4n) is 10.8. The van der Waals surface area contributed by atoms with E-state index in [2.05, 4.69) is 74.5 Å². The SMILES string of the molecule is C[Si](C)(C)C1=C(C2(CP)C3CC4CC(C3)CC2C4)C(C(P)(C2CCNC2)C2CCNC2)=CC1[Si](C)(C)C. The first-order valence-electron chi connectivity index (χ1n) is 15.8. The summed E-state index contributed by atoms with van der Waals surface area (Å²) >= 11 is 0. The lowest BCUT2D eigenvalue weighted by Crippen LogP contribution is -2.57. The predicted molar refractivity (Wildman–Crippen MR) is 174 cm³/mol. The van der Waals surface area contributed by atoms with Crippen LogP contribution in [-0.2, 0) is 0 Å². The molecule has 0 aromatic heterocycles. The molecule has 2 saturated heterocycles. The third-order valence-electron chi connectivity index (χ3n) is 12.3. The maximum absolute atomic E-state index is 3.81. The van der Waals surface area contributed by atoms with Crippen LogP contribution in [0.4, 0.5) is 0 Å². The molecule has 0 aromatic rings. The monoisotopic (exact) mass is 574 g/mol. The van der Waals surface area contributed by atoms with Gasteiger partial charge in [-0.05, 0) is 129 Å². The first kappa shape index (κ1) is 27.8. The summed E-state index contributed by atoms with van der Waals surface area (Å²) < 4.78 is 0. The minimum absolute atomic E-state index is 0.211. The topological polar surface area (TPSA) is 24.1 Å². The Labute approximate surface area is 235 Å². The van der Waals surface area contributed by atoms with Crippen molar-refractivity contribution in [2.75, 3.05) is 32.3 Å². The second kappa shape index (κ2) is 9.62. The zero-order valence-electron chi connectivity index (χ0n) is 24.8. The standard InChI is InChI=1S/C31H56N2P2Si2/c1-36(2,3)27-16-26(31(35,22-7-9-32-17-22)23-8-10-33-18-23)28(29(27)37(4,5)6)30(19-34)24-12-20-11-21(14-24)15-25(30)13-20/h16,20-25,27,32-33H,7-15,17-19,34-35H2,1-6H3. The second-order valence-electron chi connectivity index (χ2n) is 16.3. The van der Waals surface area contributed by atoms with Gasteiger partial charge in [-0.2, -0.15) is 0 Å². The van der Waals surface area contributed by atoms with Gasteiger partial charge >= 0.3 is 0 Å². The predicted octanol–water partition coefficient (Wildman–Crippen LogP) is 6.96. The van der Waals surface area contributed by atoms with Gasteiger partial charge in [0.2, 0.25) is 0 Å². The van der Waals surface area contributed by atoms with E-state index >= 15 is 0 Å². The summed E-state index contributed by atoms with van der Waals surface area (Å²) in [6, 6.07) is 0. The Morgan fingerprint density at radius 1 is 0.865 bits per heavy atom. The van der Waals surface area contributed by atoms with Crippen molar-refractivity contribution in [3.63, 3.8) is 0 Å².